The fourth-order valence-corrected chi connectivity index (χ4v) is 0.489. The summed E-state index contributed by atoms with van der Waals surface area (Å²) >= 11 is 0.347. The average molecular weight is 234 g/mol. The number of carbonyl (C=O) groups is 2. The zero-order valence-corrected chi connectivity index (χ0v) is 9.64. The topological polar surface area (TPSA) is 87.5 Å². The van der Waals surface area contributed by atoms with Gasteiger partial charge in [0.25, 0.3) is 0 Å². The number of hydrogen-bond acceptors (Lipinski definition) is 3. The molecule has 13 heavy (non-hydrogen) atoms. The Morgan fingerprint density at radius 3 is 2.15 bits per heavy atom. The maximum atomic E-state index is 10.2. The van der Waals surface area contributed by atoms with E-state index in [2.05, 4.69) is 4.98 Å². The normalized spacial score (nSPS) is 8.15. The quantitative estimate of drug-likeness (QED) is 0.706. The molecular weight excluding hydrogens is 227 g/mol. The first-order valence-corrected chi connectivity index (χ1v) is 4.70. The van der Waals surface area contributed by atoms with Crippen molar-refractivity contribution in [2.75, 3.05) is 0 Å². The third-order valence-corrected chi connectivity index (χ3v) is 0.908. The fourth-order valence-electron chi connectivity index (χ4n) is 0.489. The van der Waals surface area contributed by atoms with E-state index in [-0.39, 0.29) is 5.56 Å². The van der Waals surface area contributed by atoms with Crippen LogP contribution in [0.5, 0.6) is 0 Å². The van der Waals surface area contributed by atoms with Gasteiger partial charge in [0.05, 0.1) is 5.56 Å². The molecule has 5 nitrogen and oxygen atoms in total. The van der Waals surface area contributed by atoms with Crippen molar-refractivity contribution in [3.05, 3.63) is 30.1 Å². The second-order valence-electron chi connectivity index (χ2n) is 1.94. The van der Waals surface area contributed by atoms with E-state index in [1.54, 1.807) is 6.07 Å². The van der Waals surface area contributed by atoms with Crippen LogP contribution < -0.4 is 0 Å². The molecule has 0 saturated heterocycles. The molecule has 0 bridgehead atoms. The summed E-state index contributed by atoms with van der Waals surface area (Å²) < 4.78 is -0.708. The van der Waals surface area contributed by atoms with E-state index in [4.69, 9.17) is 15.0 Å². The summed E-state index contributed by atoms with van der Waals surface area (Å²) in [5.74, 6) is -0.942. The van der Waals surface area contributed by atoms with E-state index in [9.17, 15) is 4.79 Å². The molecule has 0 aromatic carbocycles. The van der Waals surface area contributed by atoms with Crippen molar-refractivity contribution in [1.29, 1.82) is 0 Å². The van der Waals surface area contributed by atoms with Gasteiger partial charge in [-0.3, -0.25) is 4.98 Å². The van der Waals surface area contributed by atoms with Crippen LogP contribution in [0.25, 0.3) is 0 Å². The zero-order valence-electron chi connectivity index (χ0n) is 6.67. The van der Waals surface area contributed by atoms with Gasteiger partial charge in [-0.1, -0.05) is 0 Å². The van der Waals surface area contributed by atoms with Gasteiger partial charge in [-0.25, -0.2) is 4.79 Å². The molecule has 0 saturated carbocycles. The molecule has 0 aliphatic heterocycles. The van der Waals surface area contributed by atoms with Crippen LogP contribution in [0.4, 0.5) is 4.79 Å². The number of aromatic carboxylic acids is 1. The molecule has 0 fully saturated rings. The van der Waals surface area contributed by atoms with Gasteiger partial charge in [-0.15, -0.1) is 0 Å². The van der Waals surface area contributed by atoms with Gasteiger partial charge < -0.3 is 5.11 Å². The van der Waals surface area contributed by atoms with Crippen LogP contribution in [-0.4, -0.2) is 25.7 Å². The standard InChI is InChI=1S/C6H5NO2.CHO2.Zn/c8-6(9)5-2-1-3-7-4-5;2-1-3;/h1-4H,(H,8,9);(H,2,3);. The number of hydrogen-bond donors (Lipinski definition) is 2. The molecule has 1 aromatic heterocycles. The van der Waals surface area contributed by atoms with E-state index >= 15 is 0 Å². The average Bonchev–Trinajstić information content (AvgIpc) is 2.05. The van der Waals surface area contributed by atoms with Gasteiger partial charge in [-0.05, 0) is 12.1 Å². The molecule has 1 aromatic rings. The Morgan fingerprint density at radius 1 is 1.38 bits per heavy atom. The second kappa shape index (κ2) is 6.25. The Bertz CT molecular complexity index is 284. The van der Waals surface area contributed by atoms with Crippen LogP contribution in [0.15, 0.2) is 24.5 Å². The fraction of sp³-hybridized carbons (Fsp3) is 0. The summed E-state index contributed by atoms with van der Waals surface area (Å²) in [5.41, 5.74) is 0.220. The summed E-state index contributed by atoms with van der Waals surface area (Å²) in [6, 6.07) is 3.08. The van der Waals surface area contributed by atoms with Crippen molar-refractivity contribution < 1.29 is 38.1 Å². The van der Waals surface area contributed by atoms with E-state index in [1.807, 2.05) is 0 Å². The Kier molecular flexibility index (Phi) is 5.63. The summed E-state index contributed by atoms with van der Waals surface area (Å²) in [6.45, 7) is 0. The minimum atomic E-state index is -0.942. The van der Waals surface area contributed by atoms with Crippen molar-refractivity contribution in [1.82, 2.24) is 4.98 Å². The molecular formula is C7H6NO4Zn. The summed E-state index contributed by atoms with van der Waals surface area (Å²) in [5, 5.41) is 15.8. The molecule has 0 unspecified atom stereocenters. The van der Waals surface area contributed by atoms with E-state index < -0.39 is 10.5 Å². The van der Waals surface area contributed by atoms with Crippen LogP contribution in [-0.2, 0) is 18.3 Å². The molecule has 0 spiro atoms. The van der Waals surface area contributed by atoms with Gasteiger partial charge in [-0.2, -0.15) is 0 Å². The molecule has 2 N–H and O–H groups in total. The molecule has 65 valence electrons. The second-order valence-corrected chi connectivity index (χ2v) is 3.21. The molecule has 1 rings (SSSR count). The molecule has 6 heteroatoms. The third-order valence-electron chi connectivity index (χ3n) is 0.908. The molecule has 0 atom stereocenters. The van der Waals surface area contributed by atoms with Crippen LogP contribution in [0, 0.1) is 0 Å². The van der Waals surface area contributed by atoms with E-state index in [0.717, 1.165) is 0 Å². The predicted molar refractivity (Wildman–Crippen MR) is 39.2 cm³/mol. The van der Waals surface area contributed by atoms with Crippen molar-refractivity contribution >= 4 is 10.5 Å². The SMILES string of the molecule is O=C(O)c1cccnc1.O=[C](O)[Zn]. The Morgan fingerprint density at radius 2 is 1.92 bits per heavy atom. The number of nitrogens with zero attached hydrogens (tertiary/aromatic N) is 1. The molecule has 0 aliphatic carbocycles. The number of carboxylic acid groups (broad SMARTS) is 2. The first-order valence-electron chi connectivity index (χ1n) is 3.22. The molecule has 0 aliphatic rings. The Labute approximate surface area is 84.1 Å². The van der Waals surface area contributed by atoms with Gasteiger partial charge in [0.15, 0.2) is 0 Å². The van der Waals surface area contributed by atoms with E-state index in [1.165, 1.54) is 18.5 Å². The third kappa shape index (κ3) is 7.09. The monoisotopic (exact) mass is 232 g/mol. The molecule has 1 heterocycles. The first kappa shape index (κ1) is 11.7. The van der Waals surface area contributed by atoms with Crippen LogP contribution >= 0.6 is 0 Å². The summed E-state index contributed by atoms with van der Waals surface area (Å²) in [7, 11) is 0. The molecule has 0 radical (unpaired) electrons. The van der Waals surface area contributed by atoms with E-state index in [0.29, 0.717) is 18.3 Å². The summed E-state index contributed by atoms with van der Waals surface area (Å²) in [4.78, 5) is 22.8. The molecule has 0 amide bonds. The zero-order chi connectivity index (χ0) is 10.3. The van der Waals surface area contributed by atoms with Gasteiger partial charge in [0.1, 0.15) is 0 Å². The predicted octanol–water partition coefficient (Wildman–Crippen LogP) is 0.991. The first-order chi connectivity index (χ1) is 6.04. The van der Waals surface area contributed by atoms with Crippen molar-refractivity contribution in [3.63, 3.8) is 0 Å². The van der Waals surface area contributed by atoms with Gasteiger partial charge >= 0.3 is 38.7 Å². The number of pyridine rings is 1. The van der Waals surface area contributed by atoms with Gasteiger partial charge in [0, 0.05) is 12.4 Å². The maximum absolute atomic E-state index is 10.2. The van der Waals surface area contributed by atoms with Gasteiger partial charge in [0.2, 0.25) is 0 Å². The van der Waals surface area contributed by atoms with Crippen LogP contribution in [0.1, 0.15) is 10.4 Å². The Balaban J connectivity index is 0.000000310. The van der Waals surface area contributed by atoms with Crippen molar-refractivity contribution in [2.45, 2.75) is 0 Å². The minimum absolute atomic E-state index is 0.220. The van der Waals surface area contributed by atoms with Crippen LogP contribution in [0.2, 0.25) is 0 Å². The summed E-state index contributed by atoms with van der Waals surface area (Å²) in [6.07, 6.45) is 2.84. The Hall–Kier alpha value is -1.29. The van der Waals surface area contributed by atoms with Crippen molar-refractivity contribution in [3.8, 4) is 0 Å². The van der Waals surface area contributed by atoms with Crippen molar-refractivity contribution in [2.24, 2.45) is 0 Å². The number of carboxylic acids is 1. The van der Waals surface area contributed by atoms with Crippen LogP contribution in [0.3, 0.4) is 0 Å². The number of aromatic nitrogens is 1. The number of rotatable bonds is 1.